The number of nitrogens with zero attached hydrogens (tertiary/aromatic N) is 1. The molecule has 0 bridgehead atoms. The van der Waals surface area contributed by atoms with Crippen LogP contribution in [0, 0.1) is 0 Å². The lowest BCUT2D eigenvalue weighted by molar-refractivity contribution is -0.0576. The highest BCUT2D eigenvalue weighted by Gasteiger charge is 2.34. The number of aliphatic imine (C=N–C) groups is 1. The van der Waals surface area contributed by atoms with Crippen molar-refractivity contribution in [1.29, 1.82) is 0 Å². The summed E-state index contributed by atoms with van der Waals surface area (Å²) in [5.74, 6) is 0.567. The summed E-state index contributed by atoms with van der Waals surface area (Å²) in [6.07, 6.45) is -2.92. The van der Waals surface area contributed by atoms with Gasteiger partial charge in [-0.05, 0) is 48.4 Å². The zero-order valence-corrected chi connectivity index (χ0v) is 13.9. The van der Waals surface area contributed by atoms with Gasteiger partial charge in [-0.15, -0.1) is 0 Å². The maximum Gasteiger partial charge on any atom is 0.433 e. The van der Waals surface area contributed by atoms with Crippen LogP contribution >= 0.6 is 0 Å². The van der Waals surface area contributed by atoms with Crippen molar-refractivity contribution in [1.82, 2.24) is 0 Å². The molecule has 0 fully saturated rings. The van der Waals surface area contributed by atoms with Crippen molar-refractivity contribution in [3.63, 3.8) is 0 Å². The first kappa shape index (κ1) is 17.8. The van der Waals surface area contributed by atoms with E-state index in [4.69, 9.17) is 10.5 Å². The van der Waals surface area contributed by atoms with Gasteiger partial charge in [0.05, 0.1) is 5.69 Å². The highest BCUT2D eigenvalue weighted by atomic mass is 19.4. The summed E-state index contributed by atoms with van der Waals surface area (Å²) < 4.78 is 45.1. The fourth-order valence-corrected chi connectivity index (χ4v) is 2.57. The Hall–Kier alpha value is -2.96. The average Bonchev–Trinajstić information content (AvgIpc) is 3.07. The van der Waals surface area contributed by atoms with Crippen LogP contribution in [0.4, 0.5) is 24.5 Å². The number of hydrogen-bond acceptors (Lipinski definition) is 4. The highest BCUT2D eigenvalue weighted by Crippen LogP contribution is 2.27. The van der Waals surface area contributed by atoms with E-state index in [1.165, 1.54) is 12.1 Å². The number of allylic oxidation sites excluding steroid dienone is 1. The van der Waals surface area contributed by atoms with Crippen LogP contribution in [0.15, 0.2) is 65.3 Å². The molecule has 0 saturated heterocycles. The normalized spacial score (nSPS) is 14.7. The second-order valence-corrected chi connectivity index (χ2v) is 5.83. The van der Waals surface area contributed by atoms with Crippen molar-refractivity contribution in [2.45, 2.75) is 12.6 Å². The number of para-hydroxylation sites is 1. The van der Waals surface area contributed by atoms with Crippen LogP contribution < -0.4 is 15.8 Å². The SMILES string of the molecule is NC(=CC(=Nc1ccccc1)C(F)(F)F)COc1ccc2c(c1)CCN2. The molecule has 1 aliphatic heterocycles. The molecule has 0 spiro atoms. The molecule has 0 unspecified atom stereocenters. The Bertz CT molecular complexity index is 830. The lowest BCUT2D eigenvalue weighted by Crippen LogP contribution is -2.23. The molecule has 4 nitrogen and oxygen atoms in total. The molecule has 3 N–H and O–H groups in total. The van der Waals surface area contributed by atoms with Gasteiger partial charge < -0.3 is 15.8 Å². The predicted octanol–water partition coefficient (Wildman–Crippen LogP) is 4.21. The monoisotopic (exact) mass is 361 g/mol. The van der Waals surface area contributed by atoms with E-state index >= 15 is 0 Å². The van der Waals surface area contributed by atoms with Crippen molar-refractivity contribution < 1.29 is 17.9 Å². The van der Waals surface area contributed by atoms with Crippen molar-refractivity contribution in [2.24, 2.45) is 10.7 Å². The van der Waals surface area contributed by atoms with Gasteiger partial charge in [-0.3, -0.25) is 0 Å². The van der Waals surface area contributed by atoms with E-state index in [-0.39, 0.29) is 18.0 Å². The number of nitrogens with two attached hydrogens (primary N) is 1. The van der Waals surface area contributed by atoms with Crippen molar-refractivity contribution in [3.8, 4) is 5.75 Å². The number of fused-ring (bicyclic) bond motifs is 1. The summed E-state index contributed by atoms with van der Waals surface area (Å²) in [6.45, 7) is 0.710. The molecule has 1 aliphatic rings. The molecule has 3 rings (SSSR count). The van der Waals surface area contributed by atoms with Gasteiger partial charge in [-0.2, -0.15) is 13.2 Å². The first-order chi connectivity index (χ1) is 12.4. The van der Waals surface area contributed by atoms with Gasteiger partial charge in [0.25, 0.3) is 0 Å². The molecule has 1 heterocycles. The Labute approximate surface area is 149 Å². The molecular weight excluding hydrogens is 343 g/mol. The van der Waals surface area contributed by atoms with Crippen LogP contribution in [0.3, 0.4) is 0 Å². The van der Waals surface area contributed by atoms with Gasteiger partial charge in [-0.25, -0.2) is 4.99 Å². The van der Waals surface area contributed by atoms with Crippen molar-refractivity contribution in [3.05, 3.63) is 65.9 Å². The number of alkyl halides is 3. The molecule has 2 aromatic carbocycles. The Kier molecular flexibility index (Phi) is 5.16. The summed E-state index contributed by atoms with van der Waals surface area (Å²) in [4.78, 5) is 3.64. The molecule has 136 valence electrons. The summed E-state index contributed by atoms with van der Waals surface area (Å²) in [6, 6.07) is 13.4. The van der Waals surface area contributed by atoms with Crippen LogP contribution in [-0.2, 0) is 6.42 Å². The zero-order chi connectivity index (χ0) is 18.6. The van der Waals surface area contributed by atoms with E-state index in [0.717, 1.165) is 30.3 Å². The van der Waals surface area contributed by atoms with Crippen LogP contribution in [0.2, 0.25) is 0 Å². The minimum absolute atomic E-state index is 0.0596. The number of rotatable bonds is 5. The second kappa shape index (κ2) is 7.51. The van der Waals surface area contributed by atoms with E-state index in [1.807, 2.05) is 12.1 Å². The predicted molar refractivity (Wildman–Crippen MR) is 96.0 cm³/mol. The summed E-state index contributed by atoms with van der Waals surface area (Å²) >= 11 is 0. The Morgan fingerprint density at radius 3 is 2.69 bits per heavy atom. The molecule has 0 amide bonds. The van der Waals surface area contributed by atoms with E-state index in [1.54, 1.807) is 24.3 Å². The highest BCUT2D eigenvalue weighted by molar-refractivity contribution is 6.01. The molecule has 0 atom stereocenters. The standard InChI is InChI=1S/C19H18F3N3O/c20-19(21,22)18(25-15-4-2-1-3-5-15)11-14(23)12-26-16-6-7-17-13(10-16)8-9-24-17/h1-7,10-11,24H,8-9,12,23H2. The third-order valence-electron chi connectivity index (χ3n) is 3.81. The molecule has 0 aromatic heterocycles. The molecule has 7 heteroatoms. The summed E-state index contributed by atoms with van der Waals surface area (Å²) in [7, 11) is 0. The largest absolute Gasteiger partial charge is 0.487 e. The van der Waals surface area contributed by atoms with Gasteiger partial charge in [0.1, 0.15) is 18.1 Å². The number of anilines is 1. The molecular formula is C19H18F3N3O. The Balaban J connectivity index is 1.72. The molecule has 2 aromatic rings. The van der Waals surface area contributed by atoms with Gasteiger partial charge in [0.2, 0.25) is 0 Å². The third-order valence-corrected chi connectivity index (χ3v) is 3.81. The Morgan fingerprint density at radius 1 is 1.19 bits per heavy atom. The maximum atomic E-state index is 13.2. The quantitative estimate of drug-likeness (QED) is 0.785. The van der Waals surface area contributed by atoms with E-state index < -0.39 is 11.9 Å². The fraction of sp³-hybridized carbons (Fsp3) is 0.211. The lowest BCUT2D eigenvalue weighted by Gasteiger charge is -2.10. The zero-order valence-electron chi connectivity index (χ0n) is 13.9. The minimum atomic E-state index is -4.61. The topological polar surface area (TPSA) is 59.6 Å². The van der Waals surface area contributed by atoms with Crippen molar-refractivity contribution >= 4 is 17.1 Å². The van der Waals surface area contributed by atoms with Gasteiger partial charge in [0, 0.05) is 17.9 Å². The molecule has 0 saturated carbocycles. The second-order valence-electron chi connectivity index (χ2n) is 5.83. The summed E-state index contributed by atoms with van der Waals surface area (Å²) in [5.41, 5.74) is 6.98. The molecule has 26 heavy (non-hydrogen) atoms. The van der Waals surface area contributed by atoms with Crippen molar-refractivity contribution in [2.75, 3.05) is 18.5 Å². The fourth-order valence-electron chi connectivity index (χ4n) is 2.57. The van der Waals surface area contributed by atoms with Gasteiger partial charge in [0.15, 0.2) is 0 Å². The maximum absolute atomic E-state index is 13.2. The number of nitrogens with one attached hydrogen (secondary N) is 1. The first-order valence-electron chi connectivity index (χ1n) is 8.08. The molecule has 0 radical (unpaired) electrons. The Morgan fingerprint density at radius 2 is 1.96 bits per heavy atom. The van der Waals surface area contributed by atoms with Gasteiger partial charge >= 0.3 is 6.18 Å². The van der Waals surface area contributed by atoms with E-state index in [0.29, 0.717) is 5.75 Å². The van der Waals surface area contributed by atoms with Crippen LogP contribution in [0.5, 0.6) is 5.75 Å². The number of benzene rings is 2. The number of hydrogen-bond donors (Lipinski definition) is 2. The van der Waals surface area contributed by atoms with Crippen LogP contribution in [0.25, 0.3) is 0 Å². The number of ether oxygens (including phenoxy) is 1. The van der Waals surface area contributed by atoms with Crippen LogP contribution in [-0.4, -0.2) is 25.0 Å². The molecule has 0 aliphatic carbocycles. The third kappa shape index (κ3) is 4.56. The van der Waals surface area contributed by atoms with Crippen LogP contribution in [0.1, 0.15) is 5.56 Å². The first-order valence-corrected chi connectivity index (χ1v) is 8.08. The average molecular weight is 361 g/mol. The minimum Gasteiger partial charge on any atom is -0.487 e. The summed E-state index contributed by atoms with van der Waals surface area (Å²) in [5, 5.41) is 3.23. The lowest BCUT2D eigenvalue weighted by atomic mass is 10.1. The smallest absolute Gasteiger partial charge is 0.433 e. The number of halogens is 3. The van der Waals surface area contributed by atoms with E-state index in [2.05, 4.69) is 10.3 Å². The van der Waals surface area contributed by atoms with E-state index in [9.17, 15) is 13.2 Å². The van der Waals surface area contributed by atoms with Gasteiger partial charge in [-0.1, -0.05) is 18.2 Å².